The smallest absolute Gasteiger partial charge is 0.0331 e. The topological polar surface area (TPSA) is 24.4 Å². The van der Waals surface area contributed by atoms with Gasteiger partial charge in [0.25, 0.3) is 0 Å². The van der Waals surface area contributed by atoms with Crippen molar-refractivity contribution in [3.05, 3.63) is 36.2 Å². The minimum absolute atomic E-state index is 0.524. The van der Waals surface area contributed by atoms with Gasteiger partial charge in [-0.1, -0.05) is 19.1 Å². The lowest BCUT2D eigenvalue weighted by Gasteiger charge is -2.21. The summed E-state index contributed by atoms with van der Waals surface area (Å²) in [6.45, 7) is 3.23. The number of nitrogens with one attached hydrogen (secondary N) is 1. The summed E-state index contributed by atoms with van der Waals surface area (Å²) >= 11 is 0. The van der Waals surface area contributed by atoms with E-state index in [0.29, 0.717) is 11.8 Å². The Kier molecular flexibility index (Phi) is 2.82. The standard InChI is InChI=1S/C12H16N2/c1-10-2-6-13-9-5-12(10)11-3-7-14-8-4-11/h3-7,9-10,12,14H,2,8H2,1H3. The Morgan fingerprint density at radius 3 is 3.21 bits per heavy atom. The second-order valence-electron chi connectivity index (χ2n) is 3.86. The molecule has 2 heteroatoms. The molecule has 0 radical (unpaired) electrons. The minimum atomic E-state index is 0.524. The molecule has 2 unspecified atom stereocenters. The Morgan fingerprint density at radius 2 is 2.43 bits per heavy atom. The molecule has 0 saturated heterocycles. The highest BCUT2D eigenvalue weighted by Gasteiger charge is 2.18. The van der Waals surface area contributed by atoms with E-state index in [4.69, 9.17) is 0 Å². The first-order chi connectivity index (χ1) is 6.88. The molecule has 0 aromatic carbocycles. The predicted octanol–water partition coefficient (Wildman–Crippen LogP) is 2.27. The third-order valence-corrected chi connectivity index (χ3v) is 2.81. The lowest BCUT2D eigenvalue weighted by atomic mass is 9.84. The van der Waals surface area contributed by atoms with Gasteiger partial charge in [0, 0.05) is 24.9 Å². The van der Waals surface area contributed by atoms with Crippen molar-refractivity contribution >= 4 is 6.21 Å². The van der Waals surface area contributed by atoms with Crippen LogP contribution in [0.15, 0.2) is 41.2 Å². The molecule has 0 spiro atoms. The fraction of sp³-hybridized carbons (Fsp3) is 0.417. The Balaban J connectivity index is 2.16. The van der Waals surface area contributed by atoms with E-state index in [1.807, 2.05) is 18.6 Å². The summed E-state index contributed by atoms with van der Waals surface area (Å²) in [5.74, 6) is 1.17. The average molecular weight is 188 g/mol. The summed E-state index contributed by atoms with van der Waals surface area (Å²) in [5, 5.41) is 3.17. The van der Waals surface area contributed by atoms with Gasteiger partial charge in [0.15, 0.2) is 0 Å². The second kappa shape index (κ2) is 4.27. The molecular weight excluding hydrogens is 172 g/mol. The summed E-state index contributed by atoms with van der Waals surface area (Å²) in [6.07, 6.45) is 13.7. The maximum Gasteiger partial charge on any atom is 0.0331 e. The van der Waals surface area contributed by atoms with Crippen LogP contribution in [0.25, 0.3) is 0 Å². The van der Waals surface area contributed by atoms with E-state index < -0.39 is 0 Å². The molecule has 2 heterocycles. The molecule has 74 valence electrons. The van der Waals surface area contributed by atoms with Crippen LogP contribution in [-0.2, 0) is 0 Å². The van der Waals surface area contributed by atoms with Gasteiger partial charge in [-0.2, -0.15) is 0 Å². The molecule has 0 fully saturated rings. The number of hydrogen-bond donors (Lipinski definition) is 1. The molecular formula is C12H16N2. The summed E-state index contributed by atoms with van der Waals surface area (Å²) in [4.78, 5) is 4.19. The van der Waals surface area contributed by atoms with Crippen LogP contribution in [0.1, 0.15) is 13.3 Å². The van der Waals surface area contributed by atoms with Crippen LogP contribution >= 0.6 is 0 Å². The quantitative estimate of drug-likeness (QED) is 0.670. The van der Waals surface area contributed by atoms with Crippen LogP contribution < -0.4 is 5.32 Å². The maximum absolute atomic E-state index is 4.19. The van der Waals surface area contributed by atoms with E-state index in [-0.39, 0.29) is 0 Å². The van der Waals surface area contributed by atoms with Crippen LogP contribution in [0, 0.1) is 11.8 Å². The Morgan fingerprint density at radius 1 is 1.50 bits per heavy atom. The Labute approximate surface area is 85.1 Å². The summed E-state index contributed by atoms with van der Waals surface area (Å²) in [5.41, 5.74) is 1.41. The van der Waals surface area contributed by atoms with E-state index in [1.54, 1.807) is 0 Å². The minimum Gasteiger partial charge on any atom is -0.387 e. The molecule has 2 aliphatic rings. The first kappa shape index (κ1) is 9.25. The van der Waals surface area contributed by atoms with Gasteiger partial charge in [-0.3, -0.25) is 4.99 Å². The predicted molar refractivity (Wildman–Crippen MR) is 60.1 cm³/mol. The molecule has 0 aromatic rings. The zero-order chi connectivity index (χ0) is 9.80. The molecule has 2 nitrogen and oxygen atoms in total. The van der Waals surface area contributed by atoms with E-state index in [1.165, 1.54) is 5.57 Å². The molecule has 0 amide bonds. The van der Waals surface area contributed by atoms with E-state index in [0.717, 1.165) is 13.0 Å². The first-order valence-electron chi connectivity index (χ1n) is 5.16. The van der Waals surface area contributed by atoms with Gasteiger partial charge >= 0.3 is 0 Å². The third-order valence-electron chi connectivity index (χ3n) is 2.81. The van der Waals surface area contributed by atoms with E-state index in [9.17, 15) is 0 Å². The number of allylic oxidation sites excluding steroid dienone is 3. The van der Waals surface area contributed by atoms with Gasteiger partial charge in [0.05, 0.1) is 0 Å². The zero-order valence-electron chi connectivity index (χ0n) is 8.48. The molecule has 0 bridgehead atoms. The number of dihydropyridines is 1. The molecule has 0 aliphatic carbocycles. The first-order valence-corrected chi connectivity index (χ1v) is 5.16. The maximum atomic E-state index is 4.19. The van der Waals surface area contributed by atoms with Crippen molar-refractivity contribution in [2.24, 2.45) is 16.8 Å². The summed E-state index contributed by atoms with van der Waals surface area (Å²) < 4.78 is 0. The van der Waals surface area contributed by atoms with Crippen molar-refractivity contribution in [3.63, 3.8) is 0 Å². The van der Waals surface area contributed by atoms with Crippen molar-refractivity contribution in [3.8, 4) is 0 Å². The van der Waals surface area contributed by atoms with E-state index in [2.05, 4.69) is 35.5 Å². The highest BCUT2D eigenvalue weighted by Crippen LogP contribution is 2.27. The van der Waals surface area contributed by atoms with Crippen LogP contribution in [-0.4, -0.2) is 12.8 Å². The normalized spacial score (nSPS) is 30.8. The van der Waals surface area contributed by atoms with Crippen LogP contribution in [0.3, 0.4) is 0 Å². The largest absolute Gasteiger partial charge is 0.387 e. The van der Waals surface area contributed by atoms with Crippen molar-refractivity contribution in [2.75, 3.05) is 6.54 Å². The molecule has 2 atom stereocenters. The van der Waals surface area contributed by atoms with Crippen molar-refractivity contribution in [2.45, 2.75) is 13.3 Å². The number of hydrogen-bond acceptors (Lipinski definition) is 2. The molecule has 1 N–H and O–H groups in total. The average Bonchev–Trinajstić information content (AvgIpc) is 2.44. The van der Waals surface area contributed by atoms with Crippen LogP contribution in [0.5, 0.6) is 0 Å². The number of nitrogens with zero attached hydrogens (tertiary/aromatic N) is 1. The summed E-state index contributed by atoms with van der Waals surface area (Å²) in [6, 6.07) is 0. The SMILES string of the molecule is CC1CC=NC=CC1C1=CCNC=C1. The number of aliphatic imine (C=N–C) groups is 1. The van der Waals surface area contributed by atoms with Gasteiger partial charge in [0.1, 0.15) is 0 Å². The fourth-order valence-corrected chi connectivity index (χ4v) is 1.92. The lowest BCUT2D eigenvalue weighted by Crippen LogP contribution is -2.16. The molecule has 2 aliphatic heterocycles. The zero-order valence-corrected chi connectivity index (χ0v) is 8.48. The Bertz CT molecular complexity index is 310. The lowest BCUT2D eigenvalue weighted by molar-refractivity contribution is 0.507. The molecule has 0 saturated carbocycles. The highest BCUT2D eigenvalue weighted by molar-refractivity contribution is 5.59. The van der Waals surface area contributed by atoms with Gasteiger partial charge in [-0.15, -0.1) is 0 Å². The molecule has 2 rings (SSSR count). The molecule has 0 aromatic heterocycles. The molecule has 14 heavy (non-hydrogen) atoms. The highest BCUT2D eigenvalue weighted by atomic mass is 14.8. The van der Waals surface area contributed by atoms with E-state index >= 15 is 0 Å². The Hall–Kier alpha value is -1.31. The summed E-state index contributed by atoms with van der Waals surface area (Å²) in [7, 11) is 0. The third kappa shape index (κ3) is 1.95. The van der Waals surface area contributed by atoms with Crippen molar-refractivity contribution in [1.29, 1.82) is 0 Å². The van der Waals surface area contributed by atoms with Gasteiger partial charge in [-0.25, -0.2) is 0 Å². The van der Waals surface area contributed by atoms with Crippen LogP contribution in [0.2, 0.25) is 0 Å². The van der Waals surface area contributed by atoms with Gasteiger partial charge < -0.3 is 5.32 Å². The van der Waals surface area contributed by atoms with Gasteiger partial charge in [0.2, 0.25) is 0 Å². The fourth-order valence-electron chi connectivity index (χ4n) is 1.92. The van der Waals surface area contributed by atoms with Crippen molar-refractivity contribution < 1.29 is 0 Å². The van der Waals surface area contributed by atoms with Crippen molar-refractivity contribution in [1.82, 2.24) is 5.32 Å². The van der Waals surface area contributed by atoms with Gasteiger partial charge in [-0.05, 0) is 30.2 Å². The van der Waals surface area contributed by atoms with Crippen LogP contribution in [0.4, 0.5) is 0 Å². The second-order valence-corrected chi connectivity index (χ2v) is 3.86. The monoisotopic (exact) mass is 188 g/mol. The number of rotatable bonds is 1.